The molecule has 0 fully saturated rings. The molecule has 0 aliphatic heterocycles. The maximum atomic E-state index is 13.9. The highest BCUT2D eigenvalue weighted by atomic mass is 19.4. The summed E-state index contributed by atoms with van der Waals surface area (Å²) in [5.74, 6) is -56.1. The number of nitrogens with one attached hydrogen (secondary N) is 1. The average Bonchev–Trinajstić information content (AvgIpc) is 2.88. The molecule has 0 radical (unpaired) electrons. The van der Waals surface area contributed by atoms with E-state index in [0.29, 0.717) is 16.8 Å². The molecule has 2 aromatic rings. The average molecular weight is 644 g/mol. The van der Waals surface area contributed by atoms with Crippen molar-refractivity contribution in [2.45, 2.75) is 67.0 Å². The van der Waals surface area contributed by atoms with Crippen LogP contribution in [0.2, 0.25) is 0 Å². The van der Waals surface area contributed by atoms with Crippen molar-refractivity contribution in [1.82, 2.24) is 10.3 Å². The Morgan fingerprint density at radius 2 is 1.02 bits per heavy atom. The molecule has 1 N–H and O–H groups in total. The molecule has 0 atom stereocenters. The molecule has 0 spiro atoms. The van der Waals surface area contributed by atoms with Crippen molar-refractivity contribution >= 4 is 0 Å². The van der Waals surface area contributed by atoms with Crippen LogP contribution in [-0.4, -0.2) is 59.2 Å². The van der Waals surface area contributed by atoms with E-state index in [4.69, 9.17) is 0 Å². The van der Waals surface area contributed by atoms with Gasteiger partial charge in [-0.3, -0.25) is 4.98 Å². The van der Waals surface area contributed by atoms with Gasteiger partial charge in [-0.1, -0.05) is 30.3 Å². The molecule has 1 aromatic heterocycles. The quantitative estimate of drug-likeness (QED) is 0.175. The first-order valence-electron chi connectivity index (χ1n) is 11.2. The lowest BCUT2D eigenvalue weighted by Gasteiger charge is -2.42. The Bertz CT molecular complexity index is 1180. The lowest BCUT2D eigenvalue weighted by Crippen LogP contribution is -2.74. The van der Waals surface area contributed by atoms with E-state index in [2.05, 4.69) is 10.3 Å². The maximum Gasteiger partial charge on any atom is 0.460 e. The smallest absolute Gasteiger partial charge is 0.313 e. The van der Waals surface area contributed by atoms with Crippen LogP contribution in [0.15, 0.2) is 48.7 Å². The van der Waals surface area contributed by atoms with Gasteiger partial charge in [-0.05, 0) is 30.7 Å². The lowest BCUT2D eigenvalue weighted by atomic mass is 9.88. The molecular weight excluding hydrogens is 627 g/mol. The summed E-state index contributed by atoms with van der Waals surface area (Å²) in [7, 11) is 0. The van der Waals surface area contributed by atoms with Gasteiger partial charge in [-0.25, -0.2) is 0 Å². The van der Waals surface area contributed by atoms with Crippen LogP contribution in [-0.2, 0) is 6.54 Å². The van der Waals surface area contributed by atoms with E-state index in [9.17, 15) is 74.6 Å². The van der Waals surface area contributed by atoms with Crippen LogP contribution in [0.3, 0.4) is 0 Å². The highest BCUT2D eigenvalue weighted by Crippen LogP contribution is 2.64. The molecule has 1 aromatic carbocycles. The van der Waals surface area contributed by atoms with E-state index in [1.54, 1.807) is 30.3 Å². The summed E-state index contributed by atoms with van der Waals surface area (Å²) < 4.78 is 226. The van der Waals surface area contributed by atoms with Crippen molar-refractivity contribution in [3.05, 3.63) is 54.2 Å². The van der Waals surface area contributed by atoms with Crippen molar-refractivity contribution in [2.24, 2.45) is 0 Å². The molecule has 1 heterocycles. The fourth-order valence-electron chi connectivity index (χ4n) is 3.35. The van der Waals surface area contributed by atoms with Crippen molar-refractivity contribution < 1.29 is 74.6 Å². The van der Waals surface area contributed by atoms with Gasteiger partial charge in [0, 0.05) is 24.7 Å². The fraction of sp³-hybridized carbons (Fsp3) is 0.522. The second-order valence-electron chi connectivity index (χ2n) is 8.84. The highest BCUT2D eigenvalue weighted by molar-refractivity contribution is 5.58. The Kier molecular flexibility index (Phi) is 9.53. The number of rotatable bonds is 13. The molecule has 0 amide bonds. The number of halogens is 17. The van der Waals surface area contributed by atoms with E-state index in [0.717, 1.165) is 0 Å². The summed E-state index contributed by atoms with van der Waals surface area (Å²) in [6.45, 7) is -0.852. The van der Waals surface area contributed by atoms with E-state index in [1.807, 2.05) is 0 Å². The largest absolute Gasteiger partial charge is 0.460 e. The Morgan fingerprint density at radius 1 is 0.548 bits per heavy atom. The van der Waals surface area contributed by atoms with Crippen LogP contribution in [0.25, 0.3) is 11.3 Å². The summed E-state index contributed by atoms with van der Waals surface area (Å²) in [4.78, 5) is 4.08. The first kappa shape index (κ1) is 35.3. The van der Waals surface area contributed by atoms with Crippen LogP contribution in [0.1, 0.15) is 18.4 Å². The fourth-order valence-corrected chi connectivity index (χ4v) is 3.35. The summed E-state index contributed by atoms with van der Waals surface area (Å²) in [5, 5.41) is 2.39. The summed E-state index contributed by atoms with van der Waals surface area (Å²) in [6, 6.07) is 11.2. The van der Waals surface area contributed by atoms with Crippen molar-refractivity contribution in [3.63, 3.8) is 0 Å². The zero-order chi connectivity index (χ0) is 32.6. The molecule has 0 saturated carbocycles. The van der Waals surface area contributed by atoms with Crippen LogP contribution in [0, 0.1) is 0 Å². The van der Waals surface area contributed by atoms with Gasteiger partial charge >= 0.3 is 47.6 Å². The molecular formula is C23H17F17N2. The molecule has 0 bridgehead atoms. The normalized spacial score (nSPS) is 14.8. The molecule has 0 aliphatic rings. The Morgan fingerprint density at radius 3 is 1.48 bits per heavy atom. The van der Waals surface area contributed by atoms with Gasteiger partial charge in [0.2, 0.25) is 0 Å². The summed E-state index contributed by atoms with van der Waals surface area (Å²) >= 11 is 0. The minimum atomic E-state index is -8.62. The minimum absolute atomic E-state index is 0.145. The van der Waals surface area contributed by atoms with Crippen LogP contribution < -0.4 is 5.32 Å². The van der Waals surface area contributed by atoms with Gasteiger partial charge in [-0.2, -0.15) is 74.6 Å². The third-order valence-electron chi connectivity index (χ3n) is 5.88. The molecule has 19 heteroatoms. The second-order valence-corrected chi connectivity index (χ2v) is 8.84. The first-order chi connectivity index (χ1) is 18.8. The summed E-state index contributed by atoms with van der Waals surface area (Å²) in [5.41, 5.74) is 1.71. The van der Waals surface area contributed by atoms with E-state index >= 15 is 0 Å². The topological polar surface area (TPSA) is 24.9 Å². The first-order valence-corrected chi connectivity index (χ1v) is 11.2. The predicted octanol–water partition coefficient (Wildman–Crippen LogP) is 8.63. The zero-order valence-electron chi connectivity index (χ0n) is 20.3. The number of pyridine rings is 1. The molecule has 0 unspecified atom stereocenters. The van der Waals surface area contributed by atoms with Gasteiger partial charge in [-0.15, -0.1) is 0 Å². The van der Waals surface area contributed by atoms with Crippen molar-refractivity contribution in [1.29, 1.82) is 0 Å². The van der Waals surface area contributed by atoms with Gasteiger partial charge in [0.05, 0.1) is 5.69 Å². The SMILES string of the molecule is FC(F)(F)C(F)(F)C(F)(F)C(F)(F)C(F)(F)C(F)(F)C(F)(F)C(F)(F)CCCNCc1ccc(-c2ccccn2)cc1. The van der Waals surface area contributed by atoms with E-state index in [-0.39, 0.29) is 6.54 Å². The molecule has 2 nitrogen and oxygen atoms in total. The lowest BCUT2D eigenvalue weighted by molar-refractivity contribution is -0.461. The number of alkyl halides is 17. The predicted molar refractivity (Wildman–Crippen MR) is 111 cm³/mol. The van der Waals surface area contributed by atoms with Crippen LogP contribution in [0.4, 0.5) is 74.6 Å². The Balaban J connectivity index is 2.12. The van der Waals surface area contributed by atoms with E-state index in [1.165, 1.54) is 18.3 Å². The van der Waals surface area contributed by atoms with Crippen LogP contribution in [0.5, 0.6) is 0 Å². The number of hydrogen-bond donors (Lipinski definition) is 1. The molecule has 2 rings (SSSR count). The van der Waals surface area contributed by atoms with Crippen molar-refractivity contribution in [2.75, 3.05) is 6.54 Å². The Hall–Kier alpha value is -2.86. The highest BCUT2D eigenvalue weighted by Gasteiger charge is 2.95. The second kappa shape index (κ2) is 11.3. The van der Waals surface area contributed by atoms with Gasteiger partial charge in [0.15, 0.2) is 0 Å². The third kappa shape index (κ3) is 5.84. The third-order valence-corrected chi connectivity index (χ3v) is 5.88. The zero-order valence-corrected chi connectivity index (χ0v) is 20.3. The van der Waals surface area contributed by atoms with E-state index < -0.39 is 67.0 Å². The van der Waals surface area contributed by atoms with Gasteiger partial charge in [0.1, 0.15) is 0 Å². The number of aromatic nitrogens is 1. The van der Waals surface area contributed by atoms with Gasteiger partial charge < -0.3 is 5.32 Å². The number of hydrogen-bond acceptors (Lipinski definition) is 2. The molecule has 238 valence electrons. The maximum absolute atomic E-state index is 13.9. The molecule has 0 aliphatic carbocycles. The standard InChI is InChI=1S/C23H17F17N2/c24-16(25,9-3-10-41-12-13-5-7-14(8-6-13)15-4-1-2-11-42-15)17(26,27)18(28,29)19(30,31)20(32,33)21(34,35)22(36,37)23(38,39)40/h1-2,4-8,11,41H,3,9-10,12H2. The number of benzene rings is 1. The minimum Gasteiger partial charge on any atom is -0.313 e. The monoisotopic (exact) mass is 644 g/mol. The van der Waals surface area contributed by atoms with Crippen LogP contribution >= 0.6 is 0 Å². The molecule has 0 saturated heterocycles. The molecule has 42 heavy (non-hydrogen) atoms. The summed E-state index contributed by atoms with van der Waals surface area (Å²) in [6.07, 6.45) is -9.97. The Labute approximate surface area is 224 Å². The van der Waals surface area contributed by atoms with Crippen molar-refractivity contribution in [3.8, 4) is 11.3 Å². The van der Waals surface area contributed by atoms with Gasteiger partial charge in [0.25, 0.3) is 0 Å². The number of nitrogens with zero attached hydrogens (tertiary/aromatic N) is 1.